The molecule has 0 bridgehead atoms. The second-order valence-electron chi connectivity index (χ2n) is 3.87. The molecule has 0 fully saturated rings. The Bertz CT molecular complexity index is 537. The van der Waals surface area contributed by atoms with Crippen LogP contribution in [-0.2, 0) is 20.6 Å². The maximum Gasteiger partial charge on any atom is 0.337 e. The van der Waals surface area contributed by atoms with Gasteiger partial charge in [-0.25, -0.2) is 10.6 Å². The van der Waals surface area contributed by atoms with Crippen molar-refractivity contribution in [1.29, 1.82) is 0 Å². The van der Waals surface area contributed by atoms with Crippen LogP contribution in [0.25, 0.3) is 0 Å². The van der Waals surface area contributed by atoms with Crippen molar-refractivity contribution in [3.63, 3.8) is 0 Å². The third kappa shape index (κ3) is 4.02. The van der Waals surface area contributed by atoms with Crippen LogP contribution in [0.5, 0.6) is 0 Å². The van der Waals surface area contributed by atoms with Gasteiger partial charge in [0.15, 0.2) is 0 Å². The van der Waals surface area contributed by atoms with Crippen molar-refractivity contribution in [2.24, 2.45) is 5.84 Å². The van der Waals surface area contributed by atoms with Crippen molar-refractivity contribution in [3.8, 4) is 0 Å². The van der Waals surface area contributed by atoms with Crippen molar-refractivity contribution in [2.75, 3.05) is 29.9 Å². The van der Waals surface area contributed by atoms with Gasteiger partial charge in [-0.1, -0.05) is 0 Å². The fourth-order valence-corrected chi connectivity index (χ4v) is 1.96. The third-order valence-corrected chi connectivity index (χ3v) is 3.07. The molecule has 0 radical (unpaired) electrons. The van der Waals surface area contributed by atoms with Crippen molar-refractivity contribution in [2.45, 2.75) is 0 Å². The molecular formula is C11H14N3O5S-. The van der Waals surface area contributed by atoms with E-state index >= 15 is 0 Å². The number of methoxy groups -OCH3 is 1. The van der Waals surface area contributed by atoms with E-state index in [4.69, 9.17) is 5.84 Å². The summed E-state index contributed by atoms with van der Waals surface area (Å²) in [6, 6.07) is 4.29. The van der Waals surface area contributed by atoms with Crippen LogP contribution in [0.2, 0.25) is 0 Å². The van der Waals surface area contributed by atoms with Crippen LogP contribution in [0.1, 0.15) is 10.4 Å². The normalized spacial score (nSPS) is 11.6. The summed E-state index contributed by atoms with van der Waals surface area (Å²) in [4.78, 5) is 23.6. The maximum absolute atomic E-state index is 11.6. The number of nitrogens with zero attached hydrogens (tertiary/aromatic N) is 2. The first-order valence-electron chi connectivity index (χ1n) is 5.38. The predicted molar refractivity (Wildman–Crippen MR) is 72.7 cm³/mol. The van der Waals surface area contributed by atoms with Gasteiger partial charge < -0.3 is 14.2 Å². The first-order valence-corrected chi connectivity index (χ1v) is 6.63. The molecule has 0 aliphatic rings. The Hall–Kier alpha value is -1.97. The number of nitrogens with two attached hydrogens (primary N) is 1. The average Bonchev–Trinajstić information content (AvgIpc) is 2.44. The molecule has 1 unspecified atom stereocenters. The van der Waals surface area contributed by atoms with Crippen molar-refractivity contribution < 1.29 is 23.1 Å². The van der Waals surface area contributed by atoms with Crippen LogP contribution < -0.4 is 15.8 Å². The highest BCUT2D eigenvalue weighted by molar-refractivity contribution is 7.79. The Kier molecular flexibility index (Phi) is 5.62. The molecule has 9 heteroatoms. The third-order valence-electron chi connectivity index (χ3n) is 2.48. The summed E-state index contributed by atoms with van der Waals surface area (Å²) in [7, 11) is 2.74. The number of ether oxygens (including phenoxy) is 1. The zero-order valence-electron chi connectivity index (χ0n) is 10.9. The summed E-state index contributed by atoms with van der Waals surface area (Å²) in [6.07, 6.45) is 0.367. The molecule has 0 saturated carbocycles. The molecule has 1 rings (SSSR count). The van der Waals surface area contributed by atoms with Crippen LogP contribution in [0.3, 0.4) is 0 Å². The fourth-order valence-electron chi connectivity index (χ4n) is 1.49. The number of rotatable bonds is 6. The Labute approximate surface area is 118 Å². The van der Waals surface area contributed by atoms with Crippen molar-refractivity contribution >= 4 is 34.8 Å². The van der Waals surface area contributed by atoms with E-state index in [0.29, 0.717) is 12.1 Å². The Morgan fingerprint density at radius 2 is 2.05 bits per heavy atom. The Balaban J connectivity index is 3.25. The molecule has 0 heterocycles. The van der Waals surface area contributed by atoms with Gasteiger partial charge in [0.05, 0.1) is 24.2 Å². The molecule has 2 N–H and O–H groups in total. The van der Waals surface area contributed by atoms with E-state index < -0.39 is 17.0 Å². The van der Waals surface area contributed by atoms with Gasteiger partial charge in [0.1, 0.15) is 0 Å². The van der Waals surface area contributed by atoms with E-state index in [9.17, 15) is 18.4 Å². The van der Waals surface area contributed by atoms with Crippen LogP contribution in [0, 0.1) is 0 Å². The Morgan fingerprint density at radius 1 is 1.45 bits per heavy atom. The lowest BCUT2D eigenvalue weighted by atomic mass is 10.1. The summed E-state index contributed by atoms with van der Waals surface area (Å²) in [5.41, 5.74) is 0.798. The van der Waals surface area contributed by atoms with Crippen LogP contribution in [-0.4, -0.2) is 41.2 Å². The minimum atomic E-state index is -2.29. The van der Waals surface area contributed by atoms with Crippen LogP contribution in [0.15, 0.2) is 18.2 Å². The Morgan fingerprint density at radius 3 is 2.55 bits per heavy atom. The molecule has 1 aromatic rings. The number of carbonyl (C=O) groups is 2. The van der Waals surface area contributed by atoms with E-state index in [-0.39, 0.29) is 17.1 Å². The number of amides is 1. The molecule has 1 atom stereocenters. The van der Waals surface area contributed by atoms with Crippen LogP contribution >= 0.6 is 0 Å². The zero-order chi connectivity index (χ0) is 15.3. The number of hydrazine groups is 1. The predicted octanol–water partition coefficient (Wildman–Crippen LogP) is -0.417. The second-order valence-corrected chi connectivity index (χ2v) is 4.74. The molecular weight excluding hydrogens is 286 g/mol. The molecule has 8 nitrogen and oxygen atoms in total. The second kappa shape index (κ2) is 6.98. The first-order chi connectivity index (χ1) is 9.38. The molecule has 110 valence electrons. The maximum atomic E-state index is 11.6. The molecule has 0 aliphatic carbocycles. The summed E-state index contributed by atoms with van der Waals surface area (Å²) in [5.74, 6) is 4.56. The molecule has 1 aromatic carbocycles. The van der Waals surface area contributed by atoms with E-state index in [1.165, 1.54) is 37.3 Å². The molecule has 0 aromatic heterocycles. The van der Waals surface area contributed by atoms with Gasteiger partial charge in [-0.3, -0.25) is 14.0 Å². The average molecular weight is 300 g/mol. The van der Waals surface area contributed by atoms with Gasteiger partial charge in [-0.15, -0.1) is 0 Å². The summed E-state index contributed by atoms with van der Waals surface area (Å²) in [5, 5.41) is 0.776. The van der Waals surface area contributed by atoms with Gasteiger partial charge >= 0.3 is 5.97 Å². The number of hydrogen-bond acceptors (Lipinski definition) is 7. The van der Waals surface area contributed by atoms with E-state index in [1.807, 2.05) is 0 Å². The summed E-state index contributed by atoms with van der Waals surface area (Å²) < 4.78 is 26.0. The number of hydrogen-bond donors (Lipinski definition) is 1. The van der Waals surface area contributed by atoms with E-state index in [2.05, 4.69) is 4.74 Å². The lowest BCUT2D eigenvalue weighted by molar-refractivity contribution is -0.107. The monoisotopic (exact) mass is 300 g/mol. The minimum absolute atomic E-state index is 0.154. The minimum Gasteiger partial charge on any atom is -0.771 e. The topological polar surface area (TPSA) is 116 Å². The van der Waals surface area contributed by atoms with Crippen LogP contribution in [0.4, 0.5) is 11.4 Å². The molecule has 0 aliphatic heterocycles. The molecule has 20 heavy (non-hydrogen) atoms. The molecule has 1 amide bonds. The lowest BCUT2D eigenvalue weighted by Gasteiger charge is -2.23. The van der Waals surface area contributed by atoms with E-state index in [0.717, 1.165) is 5.01 Å². The smallest absolute Gasteiger partial charge is 0.337 e. The number of carbonyl (C=O) groups excluding carboxylic acids is 2. The zero-order valence-corrected chi connectivity index (χ0v) is 11.8. The van der Waals surface area contributed by atoms with Gasteiger partial charge in [0.25, 0.3) is 0 Å². The largest absolute Gasteiger partial charge is 0.771 e. The number of anilines is 2. The highest BCUT2D eigenvalue weighted by atomic mass is 32.2. The molecule has 0 spiro atoms. The van der Waals surface area contributed by atoms with Gasteiger partial charge in [-0.05, 0) is 29.3 Å². The standard InChI is InChI=1S/C11H15N3O5S/c1-13(7-20(17)18)9-3-8(11(16)19-2)4-10(5-9)14(12)6-15/h3-6H,7,12H2,1-2H3,(H,17,18)/p-1. The number of esters is 1. The first kappa shape index (κ1) is 16.1. The van der Waals surface area contributed by atoms with E-state index in [1.54, 1.807) is 0 Å². The van der Waals surface area contributed by atoms with Gasteiger partial charge in [0, 0.05) is 12.7 Å². The summed E-state index contributed by atoms with van der Waals surface area (Å²) in [6.45, 7) is 0. The quantitative estimate of drug-likeness (QED) is 0.189. The van der Waals surface area contributed by atoms with Crippen molar-refractivity contribution in [3.05, 3.63) is 23.8 Å². The SMILES string of the molecule is COC(=O)c1cc(N(N)C=O)cc(N(C)CS(=O)[O-])c1. The van der Waals surface area contributed by atoms with Gasteiger partial charge in [0.2, 0.25) is 6.41 Å². The fraction of sp³-hybridized carbons (Fsp3) is 0.273. The van der Waals surface area contributed by atoms with Gasteiger partial charge in [-0.2, -0.15) is 0 Å². The number of benzene rings is 1. The lowest BCUT2D eigenvalue weighted by Crippen LogP contribution is -2.29. The summed E-state index contributed by atoms with van der Waals surface area (Å²) >= 11 is -2.29. The molecule has 0 saturated heterocycles. The highest BCUT2D eigenvalue weighted by Gasteiger charge is 2.13. The highest BCUT2D eigenvalue weighted by Crippen LogP contribution is 2.23. The van der Waals surface area contributed by atoms with Crippen molar-refractivity contribution in [1.82, 2.24) is 0 Å².